The summed E-state index contributed by atoms with van der Waals surface area (Å²) in [6, 6.07) is 17.7. The molecule has 1 heterocycles. The van der Waals surface area contributed by atoms with Gasteiger partial charge in [-0.1, -0.05) is 49.4 Å². The normalized spacial score (nSPS) is 18.1. The highest BCUT2D eigenvalue weighted by atomic mass is 16.5. The number of piperidine rings is 1. The van der Waals surface area contributed by atoms with Gasteiger partial charge in [0.15, 0.2) is 0 Å². The summed E-state index contributed by atoms with van der Waals surface area (Å²) in [5.74, 6) is 1.50. The second kappa shape index (κ2) is 8.02. The minimum atomic E-state index is 0.119. The maximum atomic E-state index is 13.2. The van der Waals surface area contributed by atoms with E-state index in [1.165, 1.54) is 6.42 Å². The highest BCUT2D eigenvalue weighted by Gasteiger charge is 2.24. The van der Waals surface area contributed by atoms with Crippen LogP contribution in [0.15, 0.2) is 54.6 Å². The van der Waals surface area contributed by atoms with Crippen LogP contribution in [0.4, 0.5) is 0 Å². The predicted molar refractivity (Wildman–Crippen MR) is 102 cm³/mol. The maximum Gasteiger partial charge on any atom is 0.254 e. The first-order valence-corrected chi connectivity index (χ1v) is 8.88. The summed E-state index contributed by atoms with van der Waals surface area (Å²) >= 11 is 0. The van der Waals surface area contributed by atoms with Crippen LogP contribution in [0.2, 0.25) is 0 Å². The summed E-state index contributed by atoms with van der Waals surface area (Å²) < 4.78 is 5.22. The lowest BCUT2D eigenvalue weighted by molar-refractivity contribution is -0.126. The molecule has 25 heavy (non-hydrogen) atoms. The first kappa shape index (κ1) is 17.3. The molecular weight excluding hydrogens is 310 g/mol. The highest BCUT2D eigenvalue weighted by molar-refractivity contribution is 6.24. The number of benzene rings is 2. The van der Waals surface area contributed by atoms with Crippen LogP contribution < -0.4 is 4.74 Å². The van der Waals surface area contributed by atoms with Crippen LogP contribution in [0.3, 0.4) is 0 Å². The van der Waals surface area contributed by atoms with Gasteiger partial charge in [0.1, 0.15) is 5.75 Å². The molecule has 0 bridgehead atoms. The van der Waals surface area contributed by atoms with Crippen molar-refractivity contribution in [2.24, 2.45) is 5.92 Å². The third-order valence-electron chi connectivity index (χ3n) is 4.69. The van der Waals surface area contributed by atoms with Crippen LogP contribution in [0, 0.1) is 5.92 Å². The Morgan fingerprint density at radius 2 is 1.84 bits per heavy atom. The number of rotatable bonds is 4. The fourth-order valence-electron chi connectivity index (χ4n) is 3.30. The van der Waals surface area contributed by atoms with Crippen LogP contribution in [0.1, 0.15) is 30.9 Å². The van der Waals surface area contributed by atoms with E-state index in [4.69, 9.17) is 4.74 Å². The van der Waals surface area contributed by atoms with Crippen molar-refractivity contribution in [2.45, 2.75) is 19.8 Å². The molecule has 1 aliphatic heterocycles. The van der Waals surface area contributed by atoms with Crippen LogP contribution in [-0.4, -0.2) is 31.0 Å². The van der Waals surface area contributed by atoms with Gasteiger partial charge < -0.3 is 9.64 Å². The number of carbonyl (C=O) groups excluding carboxylic acids is 1. The smallest absolute Gasteiger partial charge is 0.254 e. The molecule has 0 unspecified atom stereocenters. The zero-order chi connectivity index (χ0) is 17.6. The lowest BCUT2D eigenvalue weighted by atomic mass is 9.97. The first-order chi connectivity index (χ1) is 12.2. The summed E-state index contributed by atoms with van der Waals surface area (Å²) in [7, 11) is 1.65. The van der Waals surface area contributed by atoms with Gasteiger partial charge in [0.25, 0.3) is 5.91 Å². The summed E-state index contributed by atoms with van der Waals surface area (Å²) in [6.07, 6.45) is 4.26. The zero-order valence-corrected chi connectivity index (χ0v) is 14.9. The van der Waals surface area contributed by atoms with E-state index >= 15 is 0 Å². The Kier molecular flexibility index (Phi) is 5.54. The van der Waals surface area contributed by atoms with Gasteiger partial charge in [0.05, 0.1) is 7.11 Å². The van der Waals surface area contributed by atoms with Gasteiger partial charge in [0.2, 0.25) is 0 Å². The van der Waals surface area contributed by atoms with Crippen molar-refractivity contribution >= 4 is 17.6 Å². The van der Waals surface area contributed by atoms with E-state index in [-0.39, 0.29) is 5.91 Å². The van der Waals surface area contributed by atoms with Gasteiger partial charge in [0, 0.05) is 18.7 Å². The van der Waals surface area contributed by atoms with Crippen molar-refractivity contribution in [1.82, 2.24) is 4.90 Å². The highest BCUT2D eigenvalue weighted by Crippen LogP contribution is 2.25. The van der Waals surface area contributed by atoms with Crippen molar-refractivity contribution < 1.29 is 9.53 Å². The van der Waals surface area contributed by atoms with Crippen molar-refractivity contribution in [1.29, 1.82) is 0 Å². The molecule has 0 radical (unpaired) electrons. The van der Waals surface area contributed by atoms with Gasteiger partial charge in [-0.3, -0.25) is 4.79 Å². The van der Waals surface area contributed by atoms with Gasteiger partial charge in [-0.2, -0.15) is 0 Å². The lowest BCUT2D eigenvalue weighted by Gasteiger charge is -2.31. The van der Waals surface area contributed by atoms with E-state index in [0.717, 1.165) is 42.0 Å². The van der Waals surface area contributed by atoms with E-state index in [1.807, 2.05) is 65.6 Å². The summed E-state index contributed by atoms with van der Waals surface area (Å²) in [5.41, 5.74) is 2.71. The number of ether oxygens (including phenoxy) is 1. The number of likely N-dealkylation sites (tertiary alicyclic amines) is 1. The Balaban J connectivity index is 1.94. The summed E-state index contributed by atoms with van der Waals surface area (Å²) in [4.78, 5) is 15.2. The molecule has 1 amide bonds. The number of nitrogens with zero attached hydrogens (tertiary/aromatic N) is 1. The van der Waals surface area contributed by atoms with Crippen molar-refractivity contribution in [3.63, 3.8) is 0 Å². The van der Waals surface area contributed by atoms with Crippen LogP contribution in [-0.2, 0) is 4.79 Å². The molecule has 1 saturated heterocycles. The van der Waals surface area contributed by atoms with Gasteiger partial charge in [-0.25, -0.2) is 0 Å². The largest absolute Gasteiger partial charge is 0.497 e. The molecule has 3 heteroatoms. The molecule has 1 fully saturated rings. The molecular formula is C22H25NO2. The standard InChI is InChI=1S/C22H25NO2/c1-17-7-6-14-23(16-17)22(24)21(19-8-4-3-5-9-19)15-18-10-12-20(25-2)13-11-18/h3-5,8-13,15,17H,6-7,14,16H2,1-2H3/b21-15+/t17-/m0/s1. The fraction of sp³-hybridized carbons (Fsp3) is 0.318. The first-order valence-electron chi connectivity index (χ1n) is 8.88. The second-order valence-electron chi connectivity index (χ2n) is 6.70. The quantitative estimate of drug-likeness (QED) is 0.608. The van der Waals surface area contributed by atoms with Crippen LogP contribution in [0.25, 0.3) is 11.6 Å². The molecule has 1 aliphatic rings. The molecule has 0 aliphatic carbocycles. The van der Waals surface area contributed by atoms with Crippen LogP contribution in [0.5, 0.6) is 5.75 Å². The summed E-state index contributed by atoms with van der Waals surface area (Å²) in [6.45, 7) is 3.90. The Morgan fingerprint density at radius 3 is 2.48 bits per heavy atom. The van der Waals surface area contributed by atoms with Gasteiger partial charge in [-0.15, -0.1) is 0 Å². The fourth-order valence-corrected chi connectivity index (χ4v) is 3.30. The predicted octanol–water partition coefficient (Wildman–Crippen LogP) is 4.49. The van der Waals surface area contributed by atoms with Crippen molar-refractivity contribution in [2.75, 3.05) is 20.2 Å². The average molecular weight is 335 g/mol. The lowest BCUT2D eigenvalue weighted by Crippen LogP contribution is -2.39. The molecule has 3 rings (SSSR count). The number of hydrogen-bond donors (Lipinski definition) is 0. The molecule has 2 aromatic carbocycles. The molecule has 2 aromatic rings. The molecule has 3 nitrogen and oxygen atoms in total. The van der Waals surface area contributed by atoms with E-state index in [2.05, 4.69) is 6.92 Å². The third kappa shape index (κ3) is 4.30. The van der Waals surface area contributed by atoms with Gasteiger partial charge >= 0.3 is 0 Å². The molecule has 0 saturated carbocycles. The van der Waals surface area contributed by atoms with Crippen molar-refractivity contribution in [3.05, 3.63) is 65.7 Å². The molecule has 1 atom stereocenters. The minimum Gasteiger partial charge on any atom is -0.497 e. The zero-order valence-electron chi connectivity index (χ0n) is 14.9. The number of methoxy groups -OCH3 is 1. The van der Waals surface area contributed by atoms with E-state index in [1.54, 1.807) is 7.11 Å². The molecule has 0 N–H and O–H groups in total. The third-order valence-corrected chi connectivity index (χ3v) is 4.69. The number of amides is 1. The van der Waals surface area contributed by atoms with E-state index in [0.29, 0.717) is 5.92 Å². The Morgan fingerprint density at radius 1 is 1.12 bits per heavy atom. The van der Waals surface area contributed by atoms with Gasteiger partial charge in [-0.05, 0) is 48.1 Å². The Bertz CT molecular complexity index is 734. The average Bonchev–Trinajstić information content (AvgIpc) is 2.67. The maximum absolute atomic E-state index is 13.2. The van der Waals surface area contributed by atoms with Crippen molar-refractivity contribution in [3.8, 4) is 5.75 Å². The topological polar surface area (TPSA) is 29.5 Å². The summed E-state index contributed by atoms with van der Waals surface area (Å²) in [5, 5.41) is 0. The number of carbonyl (C=O) groups is 1. The second-order valence-corrected chi connectivity index (χ2v) is 6.70. The van der Waals surface area contributed by atoms with E-state index in [9.17, 15) is 4.79 Å². The molecule has 0 spiro atoms. The van der Waals surface area contributed by atoms with E-state index < -0.39 is 0 Å². The Labute approximate surface area is 149 Å². The Hall–Kier alpha value is -2.55. The minimum absolute atomic E-state index is 0.119. The van der Waals surface area contributed by atoms with Crippen LogP contribution >= 0.6 is 0 Å². The molecule has 0 aromatic heterocycles. The monoisotopic (exact) mass is 335 g/mol. The SMILES string of the molecule is COc1ccc(/C=C(/C(=O)N2CCC[C@H](C)C2)c2ccccc2)cc1. The molecule has 130 valence electrons. The number of hydrogen-bond acceptors (Lipinski definition) is 2.